The lowest BCUT2D eigenvalue weighted by Gasteiger charge is -2.36. The topological polar surface area (TPSA) is 69.6 Å². The fourth-order valence-electron chi connectivity index (χ4n) is 6.66. The van der Waals surface area contributed by atoms with Crippen LogP contribution in [0.5, 0.6) is 0 Å². The molecule has 0 aliphatic heterocycles. The van der Waals surface area contributed by atoms with Crippen molar-refractivity contribution in [3.05, 3.63) is 59.2 Å². The summed E-state index contributed by atoms with van der Waals surface area (Å²) in [6, 6.07) is 14.2. The number of carboxylic acid groups (broad SMARTS) is 1. The Bertz CT molecular complexity index is 1170. The van der Waals surface area contributed by atoms with Crippen molar-refractivity contribution in [2.24, 2.45) is 5.92 Å². The second-order valence-corrected chi connectivity index (χ2v) is 13.1. The van der Waals surface area contributed by atoms with Crippen LogP contribution < -0.4 is 5.32 Å². The monoisotopic (exact) mass is 548 g/mol. The van der Waals surface area contributed by atoms with E-state index >= 15 is 0 Å². The van der Waals surface area contributed by atoms with Crippen LogP contribution in [0.2, 0.25) is 0 Å². The Hall–Kier alpha value is -2.31. The van der Waals surface area contributed by atoms with Crippen LogP contribution in [0.25, 0.3) is 11.1 Å². The molecule has 2 aromatic carbocycles. The normalized spacial score (nSPS) is 19.6. The van der Waals surface area contributed by atoms with E-state index in [1.165, 1.54) is 69.8 Å². The van der Waals surface area contributed by atoms with Gasteiger partial charge in [0.15, 0.2) is 0 Å². The molecular weight excluding hydrogens is 504 g/mol. The second kappa shape index (κ2) is 12.5. The van der Waals surface area contributed by atoms with Gasteiger partial charge in [-0.05, 0) is 97.8 Å². The Labute approximate surface area is 238 Å². The summed E-state index contributed by atoms with van der Waals surface area (Å²) in [5.41, 5.74) is 5.19. The predicted molar refractivity (Wildman–Crippen MR) is 160 cm³/mol. The zero-order chi connectivity index (χ0) is 27.4. The fraction of sp³-hybridized carbons (Fsp3) is 0.576. The minimum atomic E-state index is -0.987. The third kappa shape index (κ3) is 6.89. The quantitative estimate of drug-likeness (QED) is 0.280. The molecule has 1 atom stereocenters. The zero-order valence-electron chi connectivity index (χ0n) is 23.6. The molecular formula is C33H44N2O3S. The summed E-state index contributed by atoms with van der Waals surface area (Å²) < 4.78 is 0. The van der Waals surface area contributed by atoms with Crippen LogP contribution in [-0.2, 0) is 11.3 Å². The molecule has 0 spiro atoms. The van der Waals surface area contributed by atoms with Crippen LogP contribution >= 0.6 is 11.8 Å². The highest BCUT2D eigenvalue weighted by Gasteiger charge is 2.53. The highest BCUT2D eigenvalue weighted by Crippen LogP contribution is 2.53. The molecule has 5 rings (SSSR count). The molecule has 5 nitrogen and oxygen atoms in total. The summed E-state index contributed by atoms with van der Waals surface area (Å²) in [5.74, 6) is 0.257. The summed E-state index contributed by atoms with van der Waals surface area (Å²) in [5, 5.41) is 12.5. The first-order chi connectivity index (χ1) is 18.9. The summed E-state index contributed by atoms with van der Waals surface area (Å²) in [6.45, 7) is 2.99. The number of thioether (sulfide) groups is 1. The molecule has 0 saturated heterocycles. The van der Waals surface area contributed by atoms with Crippen LogP contribution in [0.1, 0.15) is 92.1 Å². The molecule has 0 radical (unpaired) electrons. The van der Waals surface area contributed by atoms with Crippen molar-refractivity contribution in [2.45, 2.75) is 102 Å². The molecule has 3 aliphatic carbocycles. The Morgan fingerprint density at radius 2 is 1.79 bits per heavy atom. The van der Waals surface area contributed by atoms with Gasteiger partial charge >= 0.3 is 5.97 Å². The lowest BCUT2D eigenvalue weighted by molar-refractivity contribution is -0.139. The molecule has 210 valence electrons. The summed E-state index contributed by atoms with van der Waals surface area (Å²) in [7, 11) is 0. The first-order valence-electron chi connectivity index (χ1n) is 14.9. The number of hydrogen-bond acceptors (Lipinski definition) is 4. The molecule has 0 heterocycles. The highest BCUT2D eigenvalue weighted by atomic mass is 32.2. The number of aliphatic carboxylic acids is 1. The third-order valence-corrected chi connectivity index (χ3v) is 9.79. The number of nitrogens with zero attached hydrogens (tertiary/aromatic N) is 1. The molecule has 39 heavy (non-hydrogen) atoms. The summed E-state index contributed by atoms with van der Waals surface area (Å²) >= 11 is 1.59. The van der Waals surface area contributed by atoms with E-state index in [2.05, 4.69) is 41.4 Å². The van der Waals surface area contributed by atoms with Gasteiger partial charge in [-0.3, -0.25) is 9.69 Å². The Morgan fingerprint density at radius 3 is 2.44 bits per heavy atom. The van der Waals surface area contributed by atoms with Gasteiger partial charge in [-0.25, -0.2) is 4.79 Å². The van der Waals surface area contributed by atoms with Crippen LogP contribution in [0.15, 0.2) is 42.5 Å². The predicted octanol–water partition coefficient (Wildman–Crippen LogP) is 7.07. The number of carbonyl (C=O) groups is 2. The van der Waals surface area contributed by atoms with Crippen LogP contribution in [-0.4, -0.2) is 51.5 Å². The van der Waals surface area contributed by atoms with Gasteiger partial charge in [0.25, 0.3) is 5.91 Å². The SMILES string of the molecule is CSCCC(NC(=O)c1ccc(CN(C2CC2)C2(CC3CCCCC3)CC2)cc1-c1ccccc1C)C(=O)O. The van der Waals surface area contributed by atoms with Gasteiger partial charge in [0.2, 0.25) is 0 Å². The Balaban J connectivity index is 1.41. The smallest absolute Gasteiger partial charge is 0.326 e. The van der Waals surface area contributed by atoms with E-state index in [1.807, 2.05) is 24.5 Å². The van der Waals surface area contributed by atoms with Crippen LogP contribution in [0.3, 0.4) is 0 Å². The number of amides is 1. The zero-order valence-corrected chi connectivity index (χ0v) is 24.4. The number of nitrogens with one attached hydrogen (secondary N) is 1. The van der Waals surface area contributed by atoms with E-state index in [9.17, 15) is 14.7 Å². The van der Waals surface area contributed by atoms with Gasteiger partial charge < -0.3 is 10.4 Å². The standard InChI is InChI=1S/C33H44N2O3S/c1-23-8-6-7-11-27(23)29-20-25(12-15-28(29)31(36)34-30(32(37)38)16-19-39-2)22-35(26-13-14-26)33(17-18-33)21-24-9-4-3-5-10-24/h6-8,11-12,15,20,24,26,30H,3-5,9-10,13-14,16-19,21-22H2,1-2H3,(H,34,36)(H,37,38). The lowest BCUT2D eigenvalue weighted by Crippen LogP contribution is -2.41. The number of benzene rings is 2. The van der Waals surface area contributed by atoms with Crippen molar-refractivity contribution in [2.75, 3.05) is 12.0 Å². The minimum absolute atomic E-state index is 0.316. The van der Waals surface area contributed by atoms with Gasteiger partial charge in [0, 0.05) is 23.7 Å². The molecule has 2 N–H and O–H groups in total. The largest absolute Gasteiger partial charge is 0.480 e. The Morgan fingerprint density at radius 1 is 1.05 bits per heavy atom. The molecule has 0 aromatic heterocycles. The fourth-order valence-corrected chi connectivity index (χ4v) is 7.13. The van der Waals surface area contributed by atoms with E-state index in [-0.39, 0.29) is 5.91 Å². The minimum Gasteiger partial charge on any atom is -0.480 e. The third-order valence-electron chi connectivity index (χ3n) is 9.15. The molecule has 0 bridgehead atoms. The first-order valence-corrected chi connectivity index (χ1v) is 16.3. The van der Waals surface area contributed by atoms with Crippen molar-refractivity contribution < 1.29 is 14.7 Å². The average Bonchev–Trinajstić information content (AvgIpc) is 3.87. The maximum absolute atomic E-state index is 13.5. The highest BCUT2D eigenvalue weighted by molar-refractivity contribution is 7.98. The van der Waals surface area contributed by atoms with Gasteiger partial charge in [-0.1, -0.05) is 62.4 Å². The van der Waals surface area contributed by atoms with Crippen molar-refractivity contribution in [3.8, 4) is 11.1 Å². The van der Waals surface area contributed by atoms with Crippen molar-refractivity contribution in [3.63, 3.8) is 0 Å². The maximum Gasteiger partial charge on any atom is 0.326 e. The number of aryl methyl sites for hydroxylation is 1. The van der Waals surface area contributed by atoms with E-state index in [4.69, 9.17) is 0 Å². The molecule has 2 aromatic rings. The number of rotatable bonds is 13. The molecule has 1 unspecified atom stereocenters. The summed E-state index contributed by atoms with van der Waals surface area (Å²) in [6.07, 6.45) is 15.9. The number of carbonyl (C=O) groups excluding carboxylic acids is 1. The number of carboxylic acids is 1. The first kappa shape index (κ1) is 28.2. The van der Waals surface area contributed by atoms with Gasteiger partial charge in [0.1, 0.15) is 6.04 Å². The molecule has 3 fully saturated rings. The van der Waals surface area contributed by atoms with Crippen molar-refractivity contribution >= 4 is 23.6 Å². The molecule has 6 heteroatoms. The van der Waals surface area contributed by atoms with E-state index < -0.39 is 12.0 Å². The maximum atomic E-state index is 13.5. The second-order valence-electron chi connectivity index (χ2n) is 12.1. The van der Waals surface area contributed by atoms with Gasteiger partial charge in [-0.2, -0.15) is 11.8 Å². The van der Waals surface area contributed by atoms with E-state index in [0.29, 0.717) is 29.3 Å². The van der Waals surface area contributed by atoms with Crippen LogP contribution in [0.4, 0.5) is 0 Å². The molecule has 1 amide bonds. The molecule has 3 saturated carbocycles. The van der Waals surface area contributed by atoms with Gasteiger partial charge in [-0.15, -0.1) is 0 Å². The van der Waals surface area contributed by atoms with Crippen molar-refractivity contribution in [1.29, 1.82) is 0 Å². The van der Waals surface area contributed by atoms with E-state index in [0.717, 1.165) is 29.2 Å². The summed E-state index contributed by atoms with van der Waals surface area (Å²) in [4.78, 5) is 28.1. The lowest BCUT2D eigenvalue weighted by atomic mass is 9.83. The molecule has 3 aliphatic rings. The Kier molecular flexibility index (Phi) is 9.02. The average molecular weight is 549 g/mol. The van der Waals surface area contributed by atoms with Crippen molar-refractivity contribution in [1.82, 2.24) is 10.2 Å². The van der Waals surface area contributed by atoms with Gasteiger partial charge in [0.05, 0.1) is 0 Å². The number of hydrogen-bond donors (Lipinski definition) is 2. The van der Waals surface area contributed by atoms with Crippen LogP contribution in [0, 0.1) is 12.8 Å². The van der Waals surface area contributed by atoms with E-state index in [1.54, 1.807) is 11.8 Å².